The van der Waals surface area contributed by atoms with E-state index in [0.29, 0.717) is 12.1 Å². The van der Waals surface area contributed by atoms with E-state index in [1.807, 2.05) is 24.3 Å². The normalized spacial score (nSPS) is 29.4. The molecule has 0 radical (unpaired) electrons. The maximum Gasteiger partial charge on any atom is 0.251 e. The molecular weight excluding hydrogens is 484 g/mol. The van der Waals surface area contributed by atoms with E-state index in [2.05, 4.69) is 15.1 Å². The third kappa shape index (κ3) is 4.84. The third-order valence-electron chi connectivity index (χ3n) is 9.55. The number of fused-ring (bicyclic) bond motifs is 1. The van der Waals surface area contributed by atoms with E-state index in [-0.39, 0.29) is 36.2 Å². The molecule has 0 aromatic heterocycles. The summed E-state index contributed by atoms with van der Waals surface area (Å²) in [6.45, 7) is 4.49. The van der Waals surface area contributed by atoms with Crippen LogP contribution in [-0.4, -0.2) is 104 Å². The molecule has 4 atom stereocenters. The van der Waals surface area contributed by atoms with E-state index in [0.717, 1.165) is 63.6 Å². The van der Waals surface area contributed by atoms with Gasteiger partial charge in [0.1, 0.15) is 30.9 Å². The average Bonchev–Trinajstić information content (AvgIpc) is 3.65. The Labute approximate surface area is 224 Å². The first-order valence-electron chi connectivity index (χ1n) is 14.4. The second-order valence-corrected chi connectivity index (χ2v) is 11.6. The highest BCUT2D eigenvalue weighted by molar-refractivity contribution is 5.99. The second-order valence-electron chi connectivity index (χ2n) is 11.6. The van der Waals surface area contributed by atoms with Crippen LogP contribution in [0, 0.1) is 5.92 Å². The minimum Gasteiger partial charge on any atom is -0.377 e. The van der Waals surface area contributed by atoms with Crippen LogP contribution in [0.3, 0.4) is 0 Å². The first kappa shape index (κ1) is 25.8. The molecule has 1 aromatic carbocycles. The number of benzene rings is 1. The molecule has 0 unspecified atom stereocenters. The van der Waals surface area contributed by atoms with Crippen LogP contribution >= 0.6 is 0 Å². The highest BCUT2D eigenvalue weighted by Crippen LogP contribution is 2.34. The van der Waals surface area contributed by atoms with Crippen LogP contribution in [-0.2, 0) is 19.1 Å². The summed E-state index contributed by atoms with van der Waals surface area (Å²) in [7, 11) is 1.58. The number of piperazine rings is 1. The number of ketones is 1. The Hall–Kier alpha value is -2.49. The third-order valence-corrected chi connectivity index (χ3v) is 9.55. The molecule has 38 heavy (non-hydrogen) atoms. The molecular formula is C29H40N4O5. The van der Waals surface area contributed by atoms with E-state index in [1.165, 1.54) is 19.3 Å². The van der Waals surface area contributed by atoms with E-state index in [9.17, 15) is 14.4 Å². The SMILES string of the molecule is CO[C@@H]1CN(C(=O)[C@@H](NC(=O)c2ccc(N3CCN(C4CCC4)CC3)cc2)C2CCCC2)[C@@H]2C(=O)CO[C@@H]21. The number of carbonyl (C=O) groups is 3. The van der Waals surface area contributed by atoms with Crippen molar-refractivity contribution in [1.29, 1.82) is 0 Å². The van der Waals surface area contributed by atoms with Gasteiger partial charge in [-0.3, -0.25) is 19.3 Å². The highest BCUT2D eigenvalue weighted by Gasteiger charge is 2.54. The summed E-state index contributed by atoms with van der Waals surface area (Å²) in [5.74, 6) is -0.470. The Kier molecular flexibility index (Phi) is 7.42. The molecule has 2 amide bonds. The van der Waals surface area contributed by atoms with Gasteiger partial charge in [0.2, 0.25) is 5.91 Å². The number of nitrogens with one attached hydrogen (secondary N) is 1. The maximum atomic E-state index is 13.8. The molecule has 1 aromatic rings. The van der Waals surface area contributed by atoms with Gasteiger partial charge < -0.3 is 24.6 Å². The monoisotopic (exact) mass is 524 g/mol. The van der Waals surface area contributed by atoms with Crippen molar-refractivity contribution < 1.29 is 23.9 Å². The lowest BCUT2D eigenvalue weighted by atomic mass is 9.91. The number of Topliss-reactive ketones (excluding diaryl/α,β-unsaturated/α-hetero) is 1. The van der Waals surface area contributed by atoms with Gasteiger partial charge in [0, 0.05) is 50.6 Å². The lowest BCUT2D eigenvalue weighted by Crippen LogP contribution is -2.54. The lowest BCUT2D eigenvalue weighted by Gasteiger charge is -2.43. The molecule has 9 nitrogen and oxygen atoms in total. The molecule has 3 aliphatic heterocycles. The van der Waals surface area contributed by atoms with E-state index in [4.69, 9.17) is 9.47 Å². The summed E-state index contributed by atoms with van der Waals surface area (Å²) in [5.41, 5.74) is 1.68. The summed E-state index contributed by atoms with van der Waals surface area (Å²) in [6.07, 6.45) is 7.14. The quantitative estimate of drug-likeness (QED) is 0.582. The molecule has 3 heterocycles. The van der Waals surface area contributed by atoms with Crippen LogP contribution in [0.25, 0.3) is 0 Å². The number of nitrogens with zero attached hydrogens (tertiary/aromatic N) is 3. The number of rotatable bonds is 7. The fourth-order valence-corrected chi connectivity index (χ4v) is 7.04. The molecule has 2 aliphatic carbocycles. The Morgan fingerprint density at radius 2 is 1.71 bits per heavy atom. The van der Waals surface area contributed by atoms with E-state index in [1.54, 1.807) is 12.0 Å². The highest BCUT2D eigenvalue weighted by atomic mass is 16.5. The van der Waals surface area contributed by atoms with Crippen molar-refractivity contribution in [3.63, 3.8) is 0 Å². The van der Waals surface area contributed by atoms with Crippen molar-refractivity contribution in [2.75, 3.05) is 51.3 Å². The van der Waals surface area contributed by atoms with Gasteiger partial charge in [-0.05, 0) is 55.9 Å². The first-order valence-corrected chi connectivity index (χ1v) is 14.4. The molecule has 3 saturated heterocycles. The maximum absolute atomic E-state index is 13.8. The van der Waals surface area contributed by atoms with Crippen molar-refractivity contribution in [1.82, 2.24) is 15.1 Å². The predicted molar refractivity (Wildman–Crippen MR) is 142 cm³/mol. The van der Waals surface area contributed by atoms with Gasteiger partial charge in [0.05, 0.1) is 6.54 Å². The van der Waals surface area contributed by atoms with Crippen molar-refractivity contribution in [3.8, 4) is 0 Å². The average molecular weight is 525 g/mol. The summed E-state index contributed by atoms with van der Waals surface area (Å²) in [4.78, 5) is 46.4. The predicted octanol–water partition coefficient (Wildman–Crippen LogP) is 1.84. The van der Waals surface area contributed by atoms with Gasteiger partial charge in [-0.2, -0.15) is 0 Å². The van der Waals surface area contributed by atoms with Gasteiger partial charge >= 0.3 is 0 Å². The van der Waals surface area contributed by atoms with Gasteiger partial charge in [-0.25, -0.2) is 0 Å². The zero-order valence-electron chi connectivity index (χ0n) is 22.3. The molecule has 0 spiro atoms. The van der Waals surface area contributed by atoms with Crippen LogP contribution in [0.2, 0.25) is 0 Å². The summed E-state index contributed by atoms with van der Waals surface area (Å²) in [6, 6.07) is 7.25. The minimum absolute atomic E-state index is 0.00140. The number of hydrogen-bond donors (Lipinski definition) is 1. The zero-order valence-corrected chi connectivity index (χ0v) is 22.3. The van der Waals surface area contributed by atoms with Crippen LogP contribution in [0.4, 0.5) is 5.69 Å². The molecule has 5 fully saturated rings. The van der Waals surface area contributed by atoms with Gasteiger partial charge in [-0.15, -0.1) is 0 Å². The number of carbonyl (C=O) groups excluding carboxylic acids is 3. The van der Waals surface area contributed by atoms with Crippen LogP contribution < -0.4 is 10.2 Å². The fraction of sp³-hybridized carbons (Fsp3) is 0.690. The van der Waals surface area contributed by atoms with Gasteiger partial charge in [-0.1, -0.05) is 19.3 Å². The standard InChI is InChI=1S/C29H40N4O5/c1-37-24-17-33(26-23(34)18-38-27(24)26)29(36)25(19-5-2-3-6-19)30-28(35)20-9-11-22(12-10-20)32-15-13-31(14-16-32)21-7-4-8-21/h9-12,19,21,24-27H,2-8,13-18H2,1H3,(H,30,35)/t24-,25+,26-,27-/m1/s1. The molecule has 1 N–H and O–H groups in total. The van der Waals surface area contributed by atoms with Gasteiger partial charge in [0.15, 0.2) is 5.78 Å². The van der Waals surface area contributed by atoms with Crippen molar-refractivity contribution in [2.45, 2.75) is 75.3 Å². The van der Waals surface area contributed by atoms with Gasteiger partial charge in [0.25, 0.3) is 5.91 Å². The molecule has 6 rings (SSSR count). The minimum atomic E-state index is -0.658. The molecule has 5 aliphatic rings. The smallest absolute Gasteiger partial charge is 0.251 e. The Bertz CT molecular complexity index is 1030. The van der Waals surface area contributed by atoms with Crippen LogP contribution in [0.5, 0.6) is 0 Å². The number of anilines is 1. The Morgan fingerprint density at radius 3 is 2.34 bits per heavy atom. The molecule has 9 heteroatoms. The first-order chi connectivity index (χ1) is 18.5. The second kappa shape index (κ2) is 10.9. The Morgan fingerprint density at radius 1 is 1.00 bits per heavy atom. The summed E-state index contributed by atoms with van der Waals surface area (Å²) in [5, 5.41) is 3.07. The number of amides is 2. The van der Waals surface area contributed by atoms with E-state index >= 15 is 0 Å². The lowest BCUT2D eigenvalue weighted by molar-refractivity contribution is -0.139. The fourth-order valence-electron chi connectivity index (χ4n) is 7.04. The zero-order chi connectivity index (χ0) is 26.2. The number of ether oxygens (including phenoxy) is 2. The number of methoxy groups -OCH3 is 1. The largest absolute Gasteiger partial charge is 0.377 e. The topological polar surface area (TPSA) is 91.4 Å². The van der Waals surface area contributed by atoms with Crippen LogP contribution in [0.1, 0.15) is 55.3 Å². The van der Waals surface area contributed by atoms with Crippen molar-refractivity contribution in [3.05, 3.63) is 29.8 Å². The Balaban J connectivity index is 1.12. The molecule has 0 bridgehead atoms. The van der Waals surface area contributed by atoms with Crippen molar-refractivity contribution in [2.24, 2.45) is 5.92 Å². The summed E-state index contributed by atoms with van der Waals surface area (Å²) < 4.78 is 11.2. The van der Waals surface area contributed by atoms with E-state index < -0.39 is 18.2 Å². The number of hydrogen-bond acceptors (Lipinski definition) is 7. The molecule has 2 saturated carbocycles. The van der Waals surface area contributed by atoms with Crippen molar-refractivity contribution >= 4 is 23.3 Å². The number of likely N-dealkylation sites (tertiary alicyclic amines) is 1. The summed E-state index contributed by atoms with van der Waals surface area (Å²) >= 11 is 0. The van der Waals surface area contributed by atoms with Crippen LogP contribution in [0.15, 0.2) is 24.3 Å². The molecule has 206 valence electrons.